The number of hydrogen-bond donors (Lipinski definition) is 1. The van der Waals surface area contributed by atoms with Gasteiger partial charge in [-0.05, 0) is 32.4 Å². The van der Waals surface area contributed by atoms with E-state index in [1.165, 1.54) is 0 Å². The molecule has 0 heterocycles. The lowest BCUT2D eigenvalue weighted by molar-refractivity contribution is -0.147. The van der Waals surface area contributed by atoms with Crippen molar-refractivity contribution in [1.82, 2.24) is 0 Å². The van der Waals surface area contributed by atoms with Crippen LogP contribution in [0, 0.1) is 5.41 Å². The van der Waals surface area contributed by atoms with Crippen molar-refractivity contribution in [2.24, 2.45) is 5.41 Å². The number of carboxylic acids is 1. The Morgan fingerprint density at radius 1 is 1.20 bits per heavy atom. The van der Waals surface area contributed by atoms with Gasteiger partial charge in [0.25, 0.3) is 0 Å². The normalized spacial score (nSPS) is 11.6. The Morgan fingerprint density at radius 2 is 1.85 bits per heavy atom. The van der Waals surface area contributed by atoms with Gasteiger partial charge < -0.3 is 9.84 Å². The zero-order chi connectivity index (χ0) is 14.8. The van der Waals surface area contributed by atoms with Crippen molar-refractivity contribution in [1.29, 1.82) is 0 Å². The first-order valence-corrected chi connectivity index (χ1v) is 6.83. The second kappa shape index (κ2) is 5.71. The Labute approximate surface area is 123 Å². The van der Waals surface area contributed by atoms with Crippen molar-refractivity contribution >= 4 is 28.3 Å². The zero-order valence-corrected chi connectivity index (χ0v) is 12.3. The monoisotopic (exact) mass is 292 g/mol. The van der Waals surface area contributed by atoms with Crippen LogP contribution in [0.5, 0.6) is 5.75 Å². The minimum atomic E-state index is -0.818. The molecule has 2 rings (SSSR count). The summed E-state index contributed by atoms with van der Waals surface area (Å²) < 4.78 is 5.74. The lowest BCUT2D eigenvalue weighted by Crippen LogP contribution is -2.25. The highest BCUT2D eigenvalue weighted by atomic mass is 35.5. The maximum absolute atomic E-state index is 11.0. The van der Waals surface area contributed by atoms with Gasteiger partial charge in [0, 0.05) is 15.8 Å². The number of halogens is 1. The van der Waals surface area contributed by atoms with Crippen molar-refractivity contribution in [3.05, 3.63) is 41.4 Å². The van der Waals surface area contributed by atoms with E-state index in [1.807, 2.05) is 30.3 Å². The van der Waals surface area contributed by atoms with Crippen molar-refractivity contribution in [3.8, 4) is 5.75 Å². The summed E-state index contributed by atoms with van der Waals surface area (Å²) in [4.78, 5) is 11.0. The summed E-state index contributed by atoms with van der Waals surface area (Å²) in [6.45, 7) is 3.74. The lowest BCUT2D eigenvalue weighted by atomic mass is 9.90. The summed E-state index contributed by atoms with van der Waals surface area (Å²) in [5, 5.41) is 11.6. The lowest BCUT2D eigenvalue weighted by Gasteiger charge is -2.19. The molecule has 0 bridgehead atoms. The maximum atomic E-state index is 11.0. The van der Waals surface area contributed by atoms with Crippen LogP contribution >= 0.6 is 11.6 Å². The number of fused-ring (bicyclic) bond motifs is 1. The summed E-state index contributed by atoms with van der Waals surface area (Å²) >= 11 is 6.14. The van der Waals surface area contributed by atoms with Crippen LogP contribution in [0.15, 0.2) is 36.4 Å². The molecule has 0 radical (unpaired) electrons. The van der Waals surface area contributed by atoms with E-state index in [0.29, 0.717) is 18.1 Å². The zero-order valence-electron chi connectivity index (χ0n) is 11.5. The molecule has 0 atom stereocenters. The summed E-state index contributed by atoms with van der Waals surface area (Å²) in [5.74, 6) is -0.0896. The summed E-state index contributed by atoms with van der Waals surface area (Å²) in [7, 11) is 0. The van der Waals surface area contributed by atoms with Gasteiger partial charge in [-0.25, -0.2) is 0 Å². The minimum Gasteiger partial charge on any atom is -0.493 e. The molecule has 0 saturated carbocycles. The minimum absolute atomic E-state index is 0.352. The first-order valence-electron chi connectivity index (χ1n) is 6.45. The van der Waals surface area contributed by atoms with Gasteiger partial charge >= 0.3 is 5.97 Å². The summed E-state index contributed by atoms with van der Waals surface area (Å²) in [5.41, 5.74) is -0.789. The van der Waals surface area contributed by atoms with Crippen molar-refractivity contribution in [2.45, 2.75) is 20.3 Å². The third kappa shape index (κ3) is 3.05. The average molecular weight is 293 g/mol. The van der Waals surface area contributed by atoms with Crippen LogP contribution in [0.4, 0.5) is 0 Å². The molecule has 0 aliphatic carbocycles. The third-order valence-electron chi connectivity index (χ3n) is 3.39. The largest absolute Gasteiger partial charge is 0.493 e. The van der Waals surface area contributed by atoms with E-state index in [9.17, 15) is 4.79 Å². The van der Waals surface area contributed by atoms with Crippen molar-refractivity contribution in [3.63, 3.8) is 0 Å². The van der Waals surface area contributed by atoms with E-state index < -0.39 is 11.4 Å². The third-order valence-corrected chi connectivity index (χ3v) is 3.72. The van der Waals surface area contributed by atoms with Crippen LogP contribution in [-0.2, 0) is 4.79 Å². The van der Waals surface area contributed by atoms with Gasteiger partial charge in [-0.3, -0.25) is 4.79 Å². The van der Waals surface area contributed by atoms with Gasteiger partial charge in [-0.15, -0.1) is 0 Å². The van der Waals surface area contributed by atoms with Gasteiger partial charge in [0.1, 0.15) is 5.75 Å². The molecule has 0 saturated heterocycles. The quantitative estimate of drug-likeness (QED) is 0.890. The number of carboxylic acid groups (broad SMARTS) is 1. The van der Waals surface area contributed by atoms with Gasteiger partial charge in [-0.2, -0.15) is 0 Å². The fourth-order valence-electron chi connectivity index (χ4n) is 1.88. The molecular weight excluding hydrogens is 276 g/mol. The van der Waals surface area contributed by atoms with E-state index in [4.69, 9.17) is 21.4 Å². The molecule has 1 N–H and O–H groups in total. The van der Waals surface area contributed by atoms with Crippen LogP contribution in [0.2, 0.25) is 5.02 Å². The van der Waals surface area contributed by atoms with Gasteiger partial charge in [-0.1, -0.05) is 35.9 Å². The highest BCUT2D eigenvalue weighted by Crippen LogP contribution is 2.31. The Kier molecular flexibility index (Phi) is 4.19. The molecule has 4 heteroatoms. The second-order valence-electron chi connectivity index (χ2n) is 5.38. The molecule has 0 spiro atoms. The van der Waals surface area contributed by atoms with E-state index in [2.05, 4.69) is 0 Å². The van der Waals surface area contributed by atoms with Crippen molar-refractivity contribution in [2.75, 3.05) is 6.61 Å². The SMILES string of the molecule is CC(C)(CCOc1ccc(Cl)c2ccccc12)C(=O)O. The predicted octanol–water partition coefficient (Wildman–Crippen LogP) is 4.37. The molecule has 0 unspecified atom stereocenters. The van der Waals surface area contributed by atoms with Crippen LogP contribution in [-0.4, -0.2) is 17.7 Å². The molecule has 0 fully saturated rings. The Hall–Kier alpha value is -1.74. The molecule has 0 aliphatic heterocycles. The number of carbonyl (C=O) groups is 1. The van der Waals surface area contributed by atoms with Gasteiger partial charge in [0.15, 0.2) is 0 Å². The molecule has 2 aromatic carbocycles. The van der Waals surface area contributed by atoms with Gasteiger partial charge in [0.05, 0.1) is 12.0 Å². The fraction of sp³-hybridized carbons (Fsp3) is 0.312. The fourth-order valence-corrected chi connectivity index (χ4v) is 2.11. The Bertz CT molecular complexity index is 635. The average Bonchev–Trinajstić information content (AvgIpc) is 2.41. The summed E-state index contributed by atoms with van der Waals surface area (Å²) in [6.07, 6.45) is 0.444. The Balaban J connectivity index is 2.15. The van der Waals surface area contributed by atoms with E-state index in [0.717, 1.165) is 16.5 Å². The first kappa shape index (κ1) is 14.7. The molecule has 20 heavy (non-hydrogen) atoms. The van der Waals surface area contributed by atoms with Gasteiger partial charge in [0.2, 0.25) is 0 Å². The maximum Gasteiger partial charge on any atom is 0.309 e. The van der Waals surface area contributed by atoms with E-state index in [1.54, 1.807) is 19.9 Å². The second-order valence-corrected chi connectivity index (χ2v) is 5.79. The number of ether oxygens (including phenoxy) is 1. The van der Waals surface area contributed by atoms with Crippen LogP contribution in [0.3, 0.4) is 0 Å². The number of rotatable bonds is 5. The number of benzene rings is 2. The molecular formula is C16H17ClO3. The topological polar surface area (TPSA) is 46.5 Å². The molecule has 3 nitrogen and oxygen atoms in total. The predicted molar refractivity (Wildman–Crippen MR) is 80.5 cm³/mol. The smallest absolute Gasteiger partial charge is 0.309 e. The van der Waals surface area contributed by atoms with E-state index in [-0.39, 0.29) is 0 Å². The molecule has 0 amide bonds. The van der Waals surface area contributed by atoms with Crippen molar-refractivity contribution < 1.29 is 14.6 Å². The summed E-state index contributed by atoms with van der Waals surface area (Å²) in [6, 6.07) is 11.3. The van der Waals surface area contributed by atoms with Crippen LogP contribution in [0.25, 0.3) is 10.8 Å². The van der Waals surface area contributed by atoms with E-state index >= 15 is 0 Å². The Morgan fingerprint density at radius 3 is 2.50 bits per heavy atom. The van der Waals surface area contributed by atoms with Crippen LogP contribution < -0.4 is 4.74 Å². The highest BCUT2D eigenvalue weighted by molar-refractivity contribution is 6.35. The molecule has 0 aliphatic rings. The number of aliphatic carboxylic acids is 1. The molecule has 106 valence electrons. The highest BCUT2D eigenvalue weighted by Gasteiger charge is 2.26. The molecule has 2 aromatic rings. The molecule has 0 aromatic heterocycles. The first-order chi connectivity index (χ1) is 9.42. The standard InChI is InChI=1S/C16H17ClO3/c1-16(2,15(18)19)9-10-20-14-8-7-13(17)11-5-3-4-6-12(11)14/h3-8H,9-10H2,1-2H3,(H,18,19). The number of hydrogen-bond acceptors (Lipinski definition) is 2. The van der Waals surface area contributed by atoms with Crippen LogP contribution in [0.1, 0.15) is 20.3 Å².